The molecule has 1 aromatic carbocycles. The van der Waals surface area contributed by atoms with E-state index in [4.69, 9.17) is 20.9 Å². The Morgan fingerprint density at radius 1 is 1.17 bits per heavy atom. The van der Waals surface area contributed by atoms with Crippen LogP contribution in [0.3, 0.4) is 0 Å². The normalized spacial score (nSPS) is 21.1. The van der Waals surface area contributed by atoms with Gasteiger partial charge in [-0.05, 0) is 27.7 Å². The molecule has 1 heterocycles. The first-order valence-corrected chi connectivity index (χ1v) is 6.25. The Labute approximate surface area is 113 Å². The van der Waals surface area contributed by atoms with Crippen LogP contribution in [0.4, 0.5) is 0 Å². The molecule has 0 unspecified atom stereocenters. The van der Waals surface area contributed by atoms with E-state index in [9.17, 15) is 4.79 Å². The van der Waals surface area contributed by atoms with Crippen LogP contribution in [-0.4, -0.2) is 24.6 Å². The third-order valence-corrected chi connectivity index (χ3v) is 4.13. The molecule has 3 nitrogen and oxygen atoms in total. The quantitative estimate of drug-likeness (QED) is 0.609. The maximum atomic E-state index is 10.9. The summed E-state index contributed by atoms with van der Waals surface area (Å²) in [6.07, 6.45) is 0.733. The molecule has 0 spiro atoms. The molecule has 0 radical (unpaired) electrons. The largest absolute Gasteiger partial charge is 0.496 e. The van der Waals surface area contributed by atoms with Gasteiger partial charge in [-0.1, -0.05) is 29.8 Å². The Kier molecular flexibility index (Phi) is 3.30. The van der Waals surface area contributed by atoms with Crippen molar-refractivity contribution >= 4 is 30.5 Å². The number of benzene rings is 1. The highest BCUT2D eigenvalue weighted by Gasteiger charge is 2.52. The topological polar surface area (TPSA) is 35.5 Å². The van der Waals surface area contributed by atoms with Crippen LogP contribution in [0, 0.1) is 0 Å². The predicted molar refractivity (Wildman–Crippen MR) is 72.6 cm³/mol. The van der Waals surface area contributed by atoms with Crippen molar-refractivity contribution in [3.05, 3.63) is 28.8 Å². The van der Waals surface area contributed by atoms with E-state index in [1.807, 2.05) is 33.8 Å². The molecule has 1 fully saturated rings. The number of rotatable bonds is 2. The fraction of sp³-hybridized carbons (Fsp3) is 0.462. The van der Waals surface area contributed by atoms with Crippen molar-refractivity contribution in [3.63, 3.8) is 0 Å². The molecule has 5 heteroatoms. The van der Waals surface area contributed by atoms with Crippen LogP contribution in [0.25, 0.3) is 0 Å². The summed E-state index contributed by atoms with van der Waals surface area (Å²) in [6, 6.07) is 5.26. The van der Waals surface area contributed by atoms with Crippen molar-refractivity contribution in [2.75, 3.05) is 0 Å². The highest BCUT2D eigenvalue weighted by Crippen LogP contribution is 2.37. The van der Waals surface area contributed by atoms with Gasteiger partial charge >= 0.3 is 7.12 Å². The van der Waals surface area contributed by atoms with Crippen LogP contribution in [0.1, 0.15) is 38.1 Å². The molecule has 96 valence electrons. The van der Waals surface area contributed by atoms with Crippen molar-refractivity contribution in [2.45, 2.75) is 38.9 Å². The lowest BCUT2D eigenvalue weighted by Crippen LogP contribution is -2.41. The highest BCUT2D eigenvalue weighted by molar-refractivity contribution is 6.66. The molecule has 1 aliphatic heterocycles. The first-order chi connectivity index (χ1) is 8.28. The van der Waals surface area contributed by atoms with Gasteiger partial charge in [0.25, 0.3) is 0 Å². The molecular weight excluding hydrogens is 250 g/mol. The Bertz CT molecular complexity index is 469. The summed E-state index contributed by atoms with van der Waals surface area (Å²) in [5.74, 6) is 0. The smallest absolute Gasteiger partial charge is 0.399 e. The number of halogens is 1. The van der Waals surface area contributed by atoms with E-state index in [-0.39, 0.29) is 0 Å². The SMILES string of the molecule is CC1(C)OB(c2cccc(C=O)c2Cl)OC1(C)C. The summed E-state index contributed by atoms with van der Waals surface area (Å²) >= 11 is 6.18. The number of hydrogen-bond acceptors (Lipinski definition) is 3. The molecule has 1 saturated heterocycles. The van der Waals surface area contributed by atoms with E-state index in [1.54, 1.807) is 12.1 Å². The lowest BCUT2D eigenvalue weighted by Gasteiger charge is -2.32. The minimum absolute atomic E-state index is 0.394. The Hall–Kier alpha value is -0.835. The van der Waals surface area contributed by atoms with E-state index >= 15 is 0 Å². The van der Waals surface area contributed by atoms with Gasteiger partial charge in [0, 0.05) is 11.0 Å². The zero-order valence-corrected chi connectivity index (χ0v) is 11.7. The molecule has 0 atom stereocenters. The van der Waals surface area contributed by atoms with Gasteiger partial charge in [-0.25, -0.2) is 0 Å². The Morgan fingerprint density at radius 3 is 2.22 bits per heavy atom. The van der Waals surface area contributed by atoms with Gasteiger partial charge in [-0.15, -0.1) is 0 Å². The Balaban J connectivity index is 2.38. The van der Waals surface area contributed by atoms with E-state index in [2.05, 4.69) is 0 Å². The molecule has 0 aliphatic carbocycles. The zero-order valence-electron chi connectivity index (χ0n) is 11.0. The maximum Gasteiger partial charge on any atom is 0.496 e. The summed E-state index contributed by atoms with van der Waals surface area (Å²) in [5, 5.41) is 0.394. The summed E-state index contributed by atoms with van der Waals surface area (Å²) in [5.41, 5.74) is 0.305. The van der Waals surface area contributed by atoms with Gasteiger partial charge < -0.3 is 9.31 Å². The fourth-order valence-corrected chi connectivity index (χ4v) is 2.07. The van der Waals surface area contributed by atoms with Gasteiger partial charge in [0.2, 0.25) is 0 Å². The molecule has 1 aliphatic rings. The third kappa shape index (κ3) is 2.09. The molecule has 0 saturated carbocycles. The van der Waals surface area contributed by atoms with Crippen LogP contribution in [0.15, 0.2) is 18.2 Å². The zero-order chi connectivity index (χ0) is 13.6. The number of carbonyl (C=O) groups is 1. The average Bonchev–Trinajstić information content (AvgIpc) is 2.48. The molecule has 0 amide bonds. The third-order valence-electron chi connectivity index (χ3n) is 3.69. The fourth-order valence-electron chi connectivity index (χ4n) is 1.81. The molecule has 0 N–H and O–H groups in total. The van der Waals surface area contributed by atoms with Crippen molar-refractivity contribution in [1.29, 1.82) is 0 Å². The molecular formula is C13H16BClO3. The molecule has 0 aromatic heterocycles. The highest BCUT2D eigenvalue weighted by atomic mass is 35.5. The summed E-state index contributed by atoms with van der Waals surface area (Å²) in [7, 11) is -0.539. The van der Waals surface area contributed by atoms with Crippen molar-refractivity contribution in [1.82, 2.24) is 0 Å². The van der Waals surface area contributed by atoms with Gasteiger partial charge in [-0.2, -0.15) is 0 Å². The van der Waals surface area contributed by atoms with E-state index < -0.39 is 18.3 Å². The van der Waals surface area contributed by atoms with E-state index in [1.165, 1.54) is 0 Å². The van der Waals surface area contributed by atoms with Crippen LogP contribution < -0.4 is 5.46 Å². The first kappa shape index (κ1) is 13.6. The van der Waals surface area contributed by atoms with Crippen LogP contribution in [0.5, 0.6) is 0 Å². The van der Waals surface area contributed by atoms with Crippen molar-refractivity contribution in [3.8, 4) is 0 Å². The van der Waals surface area contributed by atoms with Crippen molar-refractivity contribution < 1.29 is 14.1 Å². The van der Waals surface area contributed by atoms with Gasteiger partial charge in [0.05, 0.1) is 16.2 Å². The summed E-state index contributed by atoms with van der Waals surface area (Å²) < 4.78 is 11.8. The number of aldehydes is 1. The predicted octanol–water partition coefficient (Wildman–Crippen LogP) is 2.45. The van der Waals surface area contributed by atoms with Crippen LogP contribution in [0.2, 0.25) is 5.02 Å². The summed E-state index contributed by atoms with van der Waals surface area (Å²) in [4.78, 5) is 10.9. The number of carbonyl (C=O) groups excluding carboxylic acids is 1. The molecule has 2 rings (SSSR count). The van der Waals surface area contributed by atoms with Gasteiger partial charge in [0.15, 0.2) is 6.29 Å². The second-order valence-electron chi connectivity index (χ2n) is 5.46. The maximum absolute atomic E-state index is 10.9. The van der Waals surface area contributed by atoms with Crippen molar-refractivity contribution in [2.24, 2.45) is 0 Å². The summed E-state index contributed by atoms with van der Waals surface area (Å²) in [6.45, 7) is 7.91. The van der Waals surface area contributed by atoms with Crippen LogP contribution in [-0.2, 0) is 9.31 Å². The van der Waals surface area contributed by atoms with E-state index in [0.717, 1.165) is 6.29 Å². The first-order valence-electron chi connectivity index (χ1n) is 5.88. The monoisotopic (exact) mass is 266 g/mol. The minimum Gasteiger partial charge on any atom is -0.399 e. The standard InChI is InChI=1S/C13H16BClO3/c1-12(2)13(3,4)18-14(17-12)10-7-5-6-9(8-16)11(10)15/h5-8H,1-4H3. The van der Waals surface area contributed by atoms with Crippen LogP contribution >= 0.6 is 11.6 Å². The molecule has 1 aromatic rings. The number of hydrogen-bond donors (Lipinski definition) is 0. The lowest BCUT2D eigenvalue weighted by atomic mass is 9.78. The van der Waals surface area contributed by atoms with Gasteiger partial charge in [0.1, 0.15) is 0 Å². The molecule has 18 heavy (non-hydrogen) atoms. The lowest BCUT2D eigenvalue weighted by molar-refractivity contribution is 0.00578. The second-order valence-corrected chi connectivity index (χ2v) is 5.83. The Morgan fingerprint density at radius 2 is 1.72 bits per heavy atom. The van der Waals surface area contributed by atoms with E-state index in [0.29, 0.717) is 16.0 Å². The minimum atomic E-state index is -0.539. The molecule has 0 bridgehead atoms. The van der Waals surface area contributed by atoms with Gasteiger partial charge in [-0.3, -0.25) is 4.79 Å². The average molecular weight is 267 g/mol. The second kappa shape index (κ2) is 4.37.